The monoisotopic (exact) mass is 438 g/mol. The van der Waals surface area contributed by atoms with Crippen LogP contribution in [-0.4, -0.2) is 78.9 Å². The molecule has 0 saturated carbocycles. The first-order valence-electron chi connectivity index (χ1n) is 10.7. The van der Waals surface area contributed by atoms with Crippen LogP contribution in [0.5, 0.6) is 5.75 Å². The molecule has 0 spiro atoms. The summed E-state index contributed by atoms with van der Waals surface area (Å²) in [5.74, 6) is 0.641. The predicted octanol–water partition coefficient (Wildman–Crippen LogP) is 2.41. The molecule has 4 heterocycles. The van der Waals surface area contributed by atoms with E-state index in [0.717, 1.165) is 5.69 Å². The van der Waals surface area contributed by atoms with Crippen molar-refractivity contribution in [2.24, 2.45) is 0 Å². The van der Waals surface area contributed by atoms with Crippen molar-refractivity contribution in [3.63, 3.8) is 0 Å². The second-order valence-corrected chi connectivity index (χ2v) is 9.07. The van der Waals surface area contributed by atoms with Gasteiger partial charge in [0.05, 0.1) is 35.4 Å². The first-order valence-corrected chi connectivity index (χ1v) is 10.7. The minimum Gasteiger partial charge on any atom is -0.507 e. The summed E-state index contributed by atoms with van der Waals surface area (Å²) in [6, 6.07) is 8.39. The zero-order chi connectivity index (χ0) is 22.6. The van der Waals surface area contributed by atoms with Gasteiger partial charge in [-0.15, -0.1) is 10.2 Å². The van der Waals surface area contributed by atoms with Crippen LogP contribution < -0.4 is 4.90 Å². The van der Waals surface area contributed by atoms with Crippen molar-refractivity contribution < 1.29 is 14.6 Å². The molecule has 1 aromatic carbocycles. The Bertz CT molecular complexity index is 1110. The molecular formula is C23H27FN6O2. The quantitative estimate of drug-likeness (QED) is 0.646. The SMILES string of the molecule is CN(c1ccc(-c2ccc(-n3ccnc3)cc2O)nn1)[C@@H]1CC2[C@H](O)C[C@@](C)([C@H]1F)N2C. The highest BCUT2D eigenvalue weighted by atomic mass is 19.1. The first kappa shape index (κ1) is 20.8. The van der Waals surface area contributed by atoms with Gasteiger partial charge >= 0.3 is 0 Å². The maximum Gasteiger partial charge on any atom is 0.151 e. The lowest BCUT2D eigenvalue weighted by Crippen LogP contribution is -2.62. The lowest BCUT2D eigenvalue weighted by atomic mass is 9.84. The number of likely N-dealkylation sites (N-methyl/N-ethyl adjacent to an activating group) is 1. The highest BCUT2D eigenvalue weighted by Crippen LogP contribution is 2.46. The molecule has 2 aliphatic rings. The van der Waals surface area contributed by atoms with E-state index in [1.165, 1.54) is 0 Å². The van der Waals surface area contributed by atoms with Crippen molar-refractivity contribution in [1.29, 1.82) is 0 Å². The normalized spacial score (nSPS) is 29.9. The molecule has 5 atom stereocenters. The summed E-state index contributed by atoms with van der Waals surface area (Å²) in [4.78, 5) is 7.82. The summed E-state index contributed by atoms with van der Waals surface area (Å²) in [5.41, 5.74) is 1.18. The summed E-state index contributed by atoms with van der Waals surface area (Å²) < 4.78 is 17.4. The number of halogens is 1. The number of piperidine rings is 1. The van der Waals surface area contributed by atoms with E-state index < -0.39 is 23.9 Å². The lowest BCUT2D eigenvalue weighted by Gasteiger charge is -2.48. The van der Waals surface area contributed by atoms with Crippen molar-refractivity contribution in [2.75, 3.05) is 19.0 Å². The van der Waals surface area contributed by atoms with Gasteiger partial charge in [-0.2, -0.15) is 0 Å². The van der Waals surface area contributed by atoms with Crippen LogP contribution in [0.1, 0.15) is 19.8 Å². The molecule has 2 aliphatic heterocycles. The molecule has 2 bridgehead atoms. The molecule has 0 radical (unpaired) electrons. The zero-order valence-electron chi connectivity index (χ0n) is 18.3. The van der Waals surface area contributed by atoms with Gasteiger partial charge in [0.2, 0.25) is 0 Å². The molecule has 5 rings (SSSR count). The molecule has 9 heteroatoms. The number of aromatic nitrogens is 4. The van der Waals surface area contributed by atoms with Gasteiger partial charge < -0.3 is 19.7 Å². The predicted molar refractivity (Wildman–Crippen MR) is 119 cm³/mol. The summed E-state index contributed by atoms with van der Waals surface area (Å²) in [6.07, 6.45) is 4.42. The number of alkyl halides is 1. The van der Waals surface area contributed by atoms with Crippen molar-refractivity contribution in [3.05, 3.63) is 49.1 Å². The standard InChI is InChI=1S/C23H27FN6O2/c1-23-12-20(32)17(29(23)3)11-18(22(23)24)28(2)21-7-6-16(26-27-21)15-5-4-14(10-19(15)31)30-9-8-25-13-30/h4-10,13,17-18,20,22,31-32H,11-12H2,1-3H3/t17?,18-,20-,22+,23+/m1/s1. The topological polar surface area (TPSA) is 90.5 Å². The fourth-order valence-electron chi connectivity index (χ4n) is 5.23. The Kier molecular flexibility index (Phi) is 4.90. The molecular weight excluding hydrogens is 411 g/mol. The van der Waals surface area contributed by atoms with E-state index in [9.17, 15) is 10.2 Å². The third-order valence-electron chi connectivity index (χ3n) is 7.35. The Labute approximate surface area is 186 Å². The fraction of sp³-hybridized carbons (Fsp3) is 0.435. The van der Waals surface area contributed by atoms with Crippen LogP contribution >= 0.6 is 0 Å². The van der Waals surface area contributed by atoms with Crippen LogP contribution in [0.25, 0.3) is 16.9 Å². The van der Waals surface area contributed by atoms with Crippen molar-refractivity contribution in [2.45, 2.75) is 49.7 Å². The number of hydrogen-bond donors (Lipinski definition) is 2. The Balaban J connectivity index is 1.37. The van der Waals surface area contributed by atoms with E-state index in [0.29, 0.717) is 29.9 Å². The lowest BCUT2D eigenvalue weighted by molar-refractivity contribution is -0.00383. The van der Waals surface area contributed by atoms with E-state index in [-0.39, 0.29) is 11.8 Å². The van der Waals surface area contributed by atoms with Crippen molar-refractivity contribution in [3.8, 4) is 22.7 Å². The minimum absolute atomic E-state index is 0.0716. The second kappa shape index (κ2) is 7.53. The molecule has 168 valence electrons. The van der Waals surface area contributed by atoms with E-state index in [4.69, 9.17) is 0 Å². The van der Waals surface area contributed by atoms with Crippen LogP contribution in [0.15, 0.2) is 49.1 Å². The molecule has 3 aromatic rings. The summed E-state index contributed by atoms with van der Waals surface area (Å²) in [5, 5.41) is 29.5. The van der Waals surface area contributed by atoms with Gasteiger partial charge in [0.1, 0.15) is 11.9 Å². The van der Waals surface area contributed by atoms with Crippen LogP contribution in [0.4, 0.5) is 10.2 Å². The minimum atomic E-state index is -1.13. The number of anilines is 1. The first-order chi connectivity index (χ1) is 15.3. The highest BCUT2D eigenvalue weighted by molar-refractivity contribution is 5.69. The van der Waals surface area contributed by atoms with E-state index >= 15 is 4.39 Å². The number of aliphatic hydroxyl groups excluding tert-OH is 1. The van der Waals surface area contributed by atoms with Crippen molar-refractivity contribution >= 4 is 5.82 Å². The molecule has 0 amide bonds. The van der Waals surface area contributed by atoms with E-state index in [1.54, 1.807) is 47.6 Å². The molecule has 2 fully saturated rings. The number of nitrogens with zero attached hydrogens (tertiary/aromatic N) is 6. The average Bonchev–Trinajstić information content (AvgIpc) is 3.37. The van der Waals surface area contributed by atoms with Crippen LogP contribution in [0.2, 0.25) is 0 Å². The number of fused-ring (bicyclic) bond motifs is 2. The maximum absolute atomic E-state index is 15.6. The van der Waals surface area contributed by atoms with Gasteiger partial charge in [0.15, 0.2) is 5.82 Å². The third-order valence-corrected chi connectivity index (χ3v) is 7.35. The zero-order valence-corrected chi connectivity index (χ0v) is 18.3. The number of aliphatic hydroxyl groups is 1. The molecule has 2 aromatic heterocycles. The van der Waals surface area contributed by atoms with Crippen LogP contribution in [0.3, 0.4) is 0 Å². The largest absolute Gasteiger partial charge is 0.507 e. The van der Waals surface area contributed by atoms with Crippen LogP contribution in [0, 0.1) is 0 Å². The van der Waals surface area contributed by atoms with Gasteiger partial charge in [0.25, 0.3) is 0 Å². The molecule has 0 aliphatic carbocycles. The average molecular weight is 439 g/mol. The fourth-order valence-corrected chi connectivity index (χ4v) is 5.23. The van der Waals surface area contributed by atoms with Gasteiger partial charge in [-0.1, -0.05) is 0 Å². The number of aromatic hydroxyl groups is 1. The van der Waals surface area contributed by atoms with Gasteiger partial charge in [-0.3, -0.25) is 4.90 Å². The molecule has 8 nitrogen and oxygen atoms in total. The van der Waals surface area contributed by atoms with Gasteiger partial charge in [-0.05, 0) is 51.1 Å². The maximum atomic E-state index is 15.6. The number of hydrogen-bond acceptors (Lipinski definition) is 7. The van der Waals surface area contributed by atoms with Crippen LogP contribution in [-0.2, 0) is 0 Å². The molecule has 32 heavy (non-hydrogen) atoms. The number of phenolic OH excluding ortho intramolecular Hbond substituents is 1. The molecule has 2 saturated heterocycles. The Morgan fingerprint density at radius 3 is 2.69 bits per heavy atom. The summed E-state index contributed by atoms with van der Waals surface area (Å²) in [6.45, 7) is 1.88. The smallest absolute Gasteiger partial charge is 0.151 e. The molecule has 2 N–H and O–H groups in total. The summed E-state index contributed by atoms with van der Waals surface area (Å²) in [7, 11) is 3.71. The van der Waals surface area contributed by atoms with Gasteiger partial charge in [-0.25, -0.2) is 9.37 Å². The van der Waals surface area contributed by atoms with E-state index in [2.05, 4.69) is 15.2 Å². The van der Waals surface area contributed by atoms with Crippen molar-refractivity contribution in [1.82, 2.24) is 24.6 Å². The van der Waals surface area contributed by atoms with Gasteiger partial charge in [0, 0.05) is 37.1 Å². The number of imidazole rings is 1. The Hall–Kier alpha value is -3.04. The highest BCUT2D eigenvalue weighted by Gasteiger charge is 2.58. The number of benzene rings is 1. The molecule has 1 unspecified atom stereocenters. The number of phenols is 1. The Morgan fingerprint density at radius 1 is 1.22 bits per heavy atom. The number of rotatable bonds is 4. The third kappa shape index (κ3) is 3.15. The second-order valence-electron chi connectivity index (χ2n) is 9.07. The summed E-state index contributed by atoms with van der Waals surface area (Å²) >= 11 is 0. The van der Waals surface area contributed by atoms with E-state index in [1.807, 2.05) is 36.9 Å². The Morgan fingerprint density at radius 2 is 2.03 bits per heavy atom.